The fourth-order valence-corrected chi connectivity index (χ4v) is 1.75. The SMILES string of the molecule is COc1ccc(CNc2ccc(N)cc2C(N)=O)cn1. The van der Waals surface area contributed by atoms with Gasteiger partial charge in [-0.25, -0.2) is 4.98 Å². The lowest BCUT2D eigenvalue weighted by atomic mass is 10.1. The van der Waals surface area contributed by atoms with Gasteiger partial charge in [0, 0.05) is 30.2 Å². The van der Waals surface area contributed by atoms with Gasteiger partial charge in [-0.3, -0.25) is 4.79 Å². The van der Waals surface area contributed by atoms with E-state index in [0.29, 0.717) is 29.4 Å². The van der Waals surface area contributed by atoms with Crippen LogP contribution in [0.3, 0.4) is 0 Å². The van der Waals surface area contributed by atoms with Crippen molar-refractivity contribution in [2.24, 2.45) is 5.73 Å². The molecule has 0 aliphatic carbocycles. The molecule has 20 heavy (non-hydrogen) atoms. The Balaban J connectivity index is 2.12. The van der Waals surface area contributed by atoms with Gasteiger partial charge < -0.3 is 21.5 Å². The molecule has 6 nitrogen and oxygen atoms in total. The fourth-order valence-electron chi connectivity index (χ4n) is 1.75. The van der Waals surface area contributed by atoms with Crippen molar-refractivity contribution < 1.29 is 9.53 Å². The summed E-state index contributed by atoms with van der Waals surface area (Å²) in [6.07, 6.45) is 1.70. The second kappa shape index (κ2) is 5.92. The van der Waals surface area contributed by atoms with Crippen molar-refractivity contribution in [2.75, 3.05) is 18.2 Å². The van der Waals surface area contributed by atoms with Gasteiger partial charge in [0.05, 0.1) is 12.7 Å². The molecule has 0 fully saturated rings. The molecule has 0 saturated carbocycles. The third-order valence-electron chi connectivity index (χ3n) is 2.80. The van der Waals surface area contributed by atoms with Crippen molar-refractivity contribution in [3.63, 3.8) is 0 Å². The van der Waals surface area contributed by atoms with Crippen molar-refractivity contribution >= 4 is 17.3 Å². The number of hydrogen-bond acceptors (Lipinski definition) is 5. The summed E-state index contributed by atoms with van der Waals surface area (Å²) in [6, 6.07) is 8.65. The molecule has 1 heterocycles. The zero-order valence-electron chi connectivity index (χ0n) is 11.1. The molecule has 0 saturated heterocycles. The lowest BCUT2D eigenvalue weighted by molar-refractivity contribution is 0.100. The van der Waals surface area contributed by atoms with Gasteiger partial charge in [-0.15, -0.1) is 0 Å². The molecule has 1 aromatic carbocycles. The Morgan fingerprint density at radius 2 is 2.15 bits per heavy atom. The number of carbonyl (C=O) groups is 1. The molecule has 1 aromatic heterocycles. The molecule has 0 aliphatic rings. The zero-order chi connectivity index (χ0) is 14.5. The summed E-state index contributed by atoms with van der Waals surface area (Å²) in [5.74, 6) is 0.0340. The van der Waals surface area contributed by atoms with E-state index in [4.69, 9.17) is 16.2 Å². The summed E-state index contributed by atoms with van der Waals surface area (Å²) >= 11 is 0. The Morgan fingerprint density at radius 3 is 2.75 bits per heavy atom. The average Bonchev–Trinajstić information content (AvgIpc) is 2.46. The summed E-state index contributed by atoms with van der Waals surface area (Å²) in [6.45, 7) is 0.515. The Labute approximate surface area is 116 Å². The normalized spacial score (nSPS) is 10.1. The summed E-state index contributed by atoms with van der Waals surface area (Å²) in [7, 11) is 1.56. The maximum atomic E-state index is 11.4. The van der Waals surface area contributed by atoms with E-state index < -0.39 is 5.91 Å². The van der Waals surface area contributed by atoms with E-state index in [0.717, 1.165) is 5.56 Å². The highest BCUT2D eigenvalue weighted by Crippen LogP contribution is 2.19. The quantitative estimate of drug-likeness (QED) is 0.713. The van der Waals surface area contributed by atoms with Gasteiger partial charge in [0.2, 0.25) is 5.88 Å². The van der Waals surface area contributed by atoms with Crippen molar-refractivity contribution in [3.8, 4) is 5.88 Å². The van der Waals surface area contributed by atoms with E-state index in [2.05, 4.69) is 10.3 Å². The number of nitrogens with one attached hydrogen (secondary N) is 1. The first-order valence-electron chi connectivity index (χ1n) is 6.02. The van der Waals surface area contributed by atoms with Crippen molar-refractivity contribution in [1.29, 1.82) is 0 Å². The predicted molar refractivity (Wildman–Crippen MR) is 77.5 cm³/mol. The first-order valence-corrected chi connectivity index (χ1v) is 6.02. The van der Waals surface area contributed by atoms with E-state index in [-0.39, 0.29) is 0 Å². The Bertz CT molecular complexity index is 611. The van der Waals surface area contributed by atoms with E-state index in [1.807, 2.05) is 6.07 Å². The zero-order valence-corrected chi connectivity index (χ0v) is 11.1. The molecule has 0 radical (unpaired) electrons. The van der Waals surface area contributed by atoms with Gasteiger partial charge in [0.25, 0.3) is 5.91 Å². The smallest absolute Gasteiger partial charge is 0.250 e. The van der Waals surface area contributed by atoms with Crippen LogP contribution in [0.2, 0.25) is 0 Å². The molecule has 6 heteroatoms. The van der Waals surface area contributed by atoms with Crippen LogP contribution in [0.4, 0.5) is 11.4 Å². The third-order valence-corrected chi connectivity index (χ3v) is 2.80. The standard InChI is InChI=1S/C14H16N4O2/c1-20-13-5-2-9(8-18-13)7-17-12-4-3-10(15)6-11(12)14(16)19/h2-6,8,17H,7,15H2,1H3,(H2,16,19). The molecule has 5 N–H and O–H groups in total. The Hall–Kier alpha value is -2.76. The minimum atomic E-state index is -0.521. The highest BCUT2D eigenvalue weighted by Gasteiger charge is 2.08. The highest BCUT2D eigenvalue weighted by molar-refractivity contribution is 5.99. The van der Waals surface area contributed by atoms with E-state index in [1.165, 1.54) is 0 Å². The van der Waals surface area contributed by atoms with Crippen LogP contribution in [0.15, 0.2) is 36.5 Å². The molecule has 2 aromatic rings. The predicted octanol–water partition coefficient (Wildman–Crippen LogP) is 1.38. The van der Waals surface area contributed by atoms with Gasteiger partial charge in [0.15, 0.2) is 0 Å². The van der Waals surface area contributed by atoms with Crippen LogP contribution < -0.4 is 21.5 Å². The molecule has 0 atom stereocenters. The fraction of sp³-hybridized carbons (Fsp3) is 0.143. The minimum absolute atomic E-state index is 0.367. The molecule has 2 rings (SSSR count). The molecule has 0 bridgehead atoms. The molecular weight excluding hydrogens is 256 g/mol. The number of carbonyl (C=O) groups excluding carboxylic acids is 1. The van der Waals surface area contributed by atoms with Crippen molar-refractivity contribution in [2.45, 2.75) is 6.54 Å². The Morgan fingerprint density at radius 1 is 1.35 bits per heavy atom. The number of anilines is 2. The number of aromatic nitrogens is 1. The molecule has 1 amide bonds. The first-order chi connectivity index (χ1) is 9.60. The topological polar surface area (TPSA) is 103 Å². The monoisotopic (exact) mass is 272 g/mol. The van der Waals surface area contributed by atoms with Gasteiger partial charge in [-0.2, -0.15) is 0 Å². The lowest BCUT2D eigenvalue weighted by Crippen LogP contribution is -2.15. The highest BCUT2D eigenvalue weighted by atomic mass is 16.5. The summed E-state index contributed by atoms with van der Waals surface area (Å²) in [5.41, 5.74) is 13.4. The number of nitrogen functional groups attached to an aromatic ring is 1. The Kier molecular flexibility index (Phi) is 4.05. The second-order valence-corrected chi connectivity index (χ2v) is 4.23. The van der Waals surface area contributed by atoms with Crippen molar-refractivity contribution in [3.05, 3.63) is 47.7 Å². The van der Waals surface area contributed by atoms with E-state index in [1.54, 1.807) is 37.6 Å². The number of primary amides is 1. The first kappa shape index (κ1) is 13.7. The number of methoxy groups -OCH3 is 1. The number of nitrogens with two attached hydrogens (primary N) is 2. The minimum Gasteiger partial charge on any atom is -0.481 e. The number of hydrogen-bond donors (Lipinski definition) is 3. The number of nitrogens with zero attached hydrogens (tertiary/aromatic N) is 1. The maximum Gasteiger partial charge on any atom is 0.250 e. The van der Waals surface area contributed by atoms with Crippen LogP contribution in [-0.4, -0.2) is 18.0 Å². The van der Waals surface area contributed by atoms with Gasteiger partial charge >= 0.3 is 0 Å². The van der Waals surface area contributed by atoms with Gasteiger partial charge in [-0.05, 0) is 23.8 Å². The van der Waals surface area contributed by atoms with E-state index >= 15 is 0 Å². The molecule has 0 aliphatic heterocycles. The summed E-state index contributed by atoms with van der Waals surface area (Å²) in [4.78, 5) is 15.5. The van der Waals surface area contributed by atoms with Gasteiger partial charge in [0.1, 0.15) is 0 Å². The van der Waals surface area contributed by atoms with Crippen LogP contribution in [0.1, 0.15) is 15.9 Å². The number of pyridine rings is 1. The number of rotatable bonds is 5. The average molecular weight is 272 g/mol. The van der Waals surface area contributed by atoms with E-state index in [9.17, 15) is 4.79 Å². The van der Waals surface area contributed by atoms with Crippen LogP contribution in [0.5, 0.6) is 5.88 Å². The summed E-state index contributed by atoms with van der Waals surface area (Å²) in [5, 5.41) is 3.14. The van der Waals surface area contributed by atoms with Crippen LogP contribution in [0.25, 0.3) is 0 Å². The summed E-state index contributed by atoms with van der Waals surface area (Å²) < 4.78 is 4.99. The van der Waals surface area contributed by atoms with Gasteiger partial charge in [-0.1, -0.05) is 6.07 Å². The third kappa shape index (κ3) is 3.17. The molecule has 0 spiro atoms. The number of amides is 1. The molecule has 104 valence electrons. The van der Waals surface area contributed by atoms with Crippen LogP contribution in [0, 0.1) is 0 Å². The largest absolute Gasteiger partial charge is 0.481 e. The maximum absolute atomic E-state index is 11.4. The second-order valence-electron chi connectivity index (χ2n) is 4.23. The molecular formula is C14H16N4O2. The lowest BCUT2D eigenvalue weighted by Gasteiger charge is -2.11. The van der Waals surface area contributed by atoms with Crippen LogP contribution >= 0.6 is 0 Å². The van der Waals surface area contributed by atoms with Crippen molar-refractivity contribution in [1.82, 2.24) is 4.98 Å². The van der Waals surface area contributed by atoms with Crippen LogP contribution in [-0.2, 0) is 6.54 Å². The molecule has 0 unspecified atom stereocenters. The number of ether oxygens (including phenoxy) is 1. The number of benzene rings is 1.